The second kappa shape index (κ2) is 7.92. The molecule has 0 unspecified atom stereocenters. The highest BCUT2D eigenvalue weighted by Crippen LogP contribution is 2.30. The number of thioether (sulfide) groups is 1. The summed E-state index contributed by atoms with van der Waals surface area (Å²) in [6, 6.07) is 10.5. The zero-order valence-electron chi connectivity index (χ0n) is 16.1. The van der Waals surface area contributed by atoms with Crippen LogP contribution in [0.5, 0.6) is 0 Å². The number of benzene rings is 2. The van der Waals surface area contributed by atoms with Crippen LogP contribution in [0.25, 0.3) is 21.6 Å². The predicted octanol–water partition coefficient (Wildman–Crippen LogP) is 4.58. The van der Waals surface area contributed by atoms with Gasteiger partial charge in [-0.05, 0) is 43.2 Å². The maximum Gasteiger partial charge on any atom is 0.236 e. The Hall–Kier alpha value is -2.78. The number of nitrogens with one attached hydrogen (secondary N) is 1. The van der Waals surface area contributed by atoms with Gasteiger partial charge in [0.1, 0.15) is 5.82 Å². The topological polar surface area (TPSA) is 72.7 Å². The average Bonchev–Trinajstić information content (AvgIpc) is 3.24. The van der Waals surface area contributed by atoms with E-state index in [-0.39, 0.29) is 17.5 Å². The van der Waals surface area contributed by atoms with E-state index in [0.717, 1.165) is 15.8 Å². The van der Waals surface area contributed by atoms with E-state index in [0.29, 0.717) is 21.7 Å². The molecule has 0 aliphatic rings. The highest BCUT2D eigenvalue weighted by Gasteiger charge is 2.16. The van der Waals surface area contributed by atoms with Crippen LogP contribution in [0.1, 0.15) is 11.1 Å². The van der Waals surface area contributed by atoms with Crippen LogP contribution in [-0.2, 0) is 11.8 Å². The van der Waals surface area contributed by atoms with Crippen LogP contribution in [0.4, 0.5) is 9.52 Å². The molecule has 4 aromatic rings. The zero-order valence-corrected chi connectivity index (χ0v) is 17.7. The van der Waals surface area contributed by atoms with Crippen LogP contribution in [0, 0.1) is 19.7 Å². The molecule has 29 heavy (non-hydrogen) atoms. The number of halogens is 1. The molecule has 0 atom stereocenters. The van der Waals surface area contributed by atoms with Gasteiger partial charge in [-0.25, -0.2) is 9.37 Å². The standard InChI is InChI=1S/C20H18FN5OS2/c1-11-8-12(2)17-15(9-11)29-19(23-17)22-16(27)10-28-20-25-24-18(26(20)3)13-6-4-5-7-14(13)21/h4-9H,10H2,1-3H3,(H,22,23,27). The number of nitrogens with zero attached hydrogens (tertiary/aromatic N) is 4. The average molecular weight is 428 g/mol. The Bertz CT molecular complexity index is 1220. The largest absolute Gasteiger partial charge is 0.305 e. The van der Waals surface area contributed by atoms with Gasteiger partial charge in [0.25, 0.3) is 0 Å². The van der Waals surface area contributed by atoms with E-state index in [1.54, 1.807) is 29.8 Å². The molecule has 2 heterocycles. The molecule has 0 spiro atoms. The first-order valence-electron chi connectivity index (χ1n) is 8.87. The van der Waals surface area contributed by atoms with Gasteiger partial charge in [0.2, 0.25) is 5.91 Å². The third kappa shape index (κ3) is 4.01. The van der Waals surface area contributed by atoms with Crippen LogP contribution in [0.2, 0.25) is 0 Å². The molecule has 1 N–H and O–H groups in total. The normalized spacial score (nSPS) is 11.2. The first-order valence-corrected chi connectivity index (χ1v) is 10.7. The Kier molecular flexibility index (Phi) is 5.33. The van der Waals surface area contributed by atoms with Crippen molar-refractivity contribution in [1.29, 1.82) is 0 Å². The van der Waals surface area contributed by atoms with Crippen LogP contribution in [0.3, 0.4) is 0 Å². The predicted molar refractivity (Wildman–Crippen MR) is 115 cm³/mol. The van der Waals surface area contributed by atoms with Crippen LogP contribution >= 0.6 is 23.1 Å². The SMILES string of the molecule is Cc1cc(C)c2nc(NC(=O)CSc3nnc(-c4ccccc4F)n3C)sc2c1. The van der Waals surface area contributed by atoms with E-state index >= 15 is 0 Å². The Balaban J connectivity index is 1.44. The lowest BCUT2D eigenvalue weighted by Crippen LogP contribution is -2.14. The number of aromatic nitrogens is 4. The van der Waals surface area contributed by atoms with Gasteiger partial charge in [0.15, 0.2) is 16.1 Å². The lowest BCUT2D eigenvalue weighted by atomic mass is 10.1. The molecule has 0 aliphatic carbocycles. The fourth-order valence-electron chi connectivity index (χ4n) is 3.03. The van der Waals surface area contributed by atoms with E-state index in [1.807, 2.05) is 13.8 Å². The third-order valence-electron chi connectivity index (χ3n) is 4.36. The molecule has 0 fully saturated rings. The number of hydrogen-bond donors (Lipinski definition) is 1. The number of rotatable bonds is 5. The van der Waals surface area contributed by atoms with Crippen molar-refractivity contribution in [2.75, 3.05) is 11.1 Å². The van der Waals surface area contributed by atoms with Gasteiger partial charge < -0.3 is 9.88 Å². The van der Waals surface area contributed by atoms with Gasteiger partial charge in [-0.3, -0.25) is 4.79 Å². The second-order valence-electron chi connectivity index (χ2n) is 6.63. The summed E-state index contributed by atoms with van der Waals surface area (Å²) < 4.78 is 16.7. The molecular weight excluding hydrogens is 409 g/mol. The summed E-state index contributed by atoms with van der Waals surface area (Å²) >= 11 is 2.69. The number of hydrogen-bond acceptors (Lipinski definition) is 6. The highest BCUT2D eigenvalue weighted by molar-refractivity contribution is 7.99. The summed E-state index contributed by atoms with van der Waals surface area (Å²) in [5.74, 6) is 0.0255. The van der Waals surface area contributed by atoms with E-state index in [1.165, 1.54) is 34.7 Å². The molecule has 2 aromatic carbocycles. The lowest BCUT2D eigenvalue weighted by molar-refractivity contribution is -0.113. The van der Waals surface area contributed by atoms with Gasteiger partial charge >= 0.3 is 0 Å². The van der Waals surface area contributed by atoms with Gasteiger partial charge in [-0.2, -0.15) is 0 Å². The van der Waals surface area contributed by atoms with Crippen molar-refractivity contribution in [3.05, 3.63) is 53.3 Å². The maximum atomic E-state index is 14.0. The van der Waals surface area contributed by atoms with E-state index < -0.39 is 0 Å². The second-order valence-corrected chi connectivity index (χ2v) is 8.60. The lowest BCUT2D eigenvalue weighted by Gasteiger charge is -2.04. The minimum absolute atomic E-state index is 0.150. The number of amides is 1. The van der Waals surface area contributed by atoms with Crippen LogP contribution in [0.15, 0.2) is 41.6 Å². The fourth-order valence-corrected chi connectivity index (χ4v) is 4.80. The molecule has 1 amide bonds. The van der Waals surface area contributed by atoms with Crippen LogP contribution in [-0.4, -0.2) is 31.4 Å². The molecule has 2 aromatic heterocycles. The minimum Gasteiger partial charge on any atom is -0.305 e. The molecule has 148 valence electrons. The molecule has 0 saturated carbocycles. The smallest absolute Gasteiger partial charge is 0.236 e. The Labute approximate surface area is 175 Å². The first kappa shape index (κ1) is 19.5. The first-order chi connectivity index (χ1) is 13.9. The maximum absolute atomic E-state index is 14.0. The number of fused-ring (bicyclic) bond motifs is 1. The summed E-state index contributed by atoms with van der Waals surface area (Å²) in [7, 11) is 1.75. The van der Waals surface area contributed by atoms with Gasteiger partial charge in [-0.15, -0.1) is 10.2 Å². The molecule has 6 nitrogen and oxygen atoms in total. The van der Waals surface area contributed by atoms with Crippen molar-refractivity contribution in [2.45, 2.75) is 19.0 Å². The summed E-state index contributed by atoms with van der Waals surface area (Å²) in [6.45, 7) is 4.05. The number of anilines is 1. The number of aryl methyl sites for hydroxylation is 2. The summed E-state index contributed by atoms with van der Waals surface area (Å²) in [6.07, 6.45) is 0. The number of carbonyl (C=O) groups is 1. The monoisotopic (exact) mass is 427 g/mol. The highest BCUT2D eigenvalue weighted by atomic mass is 32.2. The Morgan fingerprint density at radius 3 is 2.83 bits per heavy atom. The Morgan fingerprint density at radius 1 is 1.24 bits per heavy atom. The molecule has 9 heteroatoms. The number of thiazole rings is 1. The molecule has 4 rings (SSSR count). The molecule has 0 radical (unpaired) electrons. The van der Waals surface area contributed by atoms with Gasteiger partial charge in [0, 0.05) is 7.05 Å². The van der Waals surface area contributed by atoms with Crippen molar-refractivity contribution < 1.29 is 9.18 Å². The summed E-state index contributed by atoms with van der Waals surface area (Å²) in [5, 5.41) is 12.1. The minimum atomic E-state index is -0.362. The number of carbonyl (C=O) groups excluding carboxylic acids is 1. The van der Waals surface area contributed by atoms with Gasteiger partial charge in [0.05, 0.1) is 21.5 Å². The van der Waals surface area contributed by atoms with E-state index in [4.69, 9.17) is 0 Å². The summed E-state index contributed by atoms with van der Waals surface area (Å²) in [4.78, 5) is 16.9. The van der Waals surface area contributed by atoms with Crippen molar-refractivity contribution in [2.24, 2.45) is 7.05 Å². The van der Waals surface area contributed by atoms with Crippen molar-refractivity contribution in [1.82, 2.24) is 19.7 Å². The quantitative estimate of drug-likeness (QED) is 0.472. The van der Waals surface area contributed by atoms with E-state index in [9.17, 15) is 9.18 Å². The third-order valence-corrected chi connectivity index (χ3v) is 6.30. The fraction of sp³-hybridized carbons (Fsp3) is 0.200. The molecule has 0 saturated heterocycles. The van der Waals surface area contributed by atoms with Gasteiger partial charge in [-0.1, -0.05) is 41.3 Å². The molecular formula is C20H18FN5OS2. The molecule has 0 aliphatic heterocycles. The van der Waals surface area contributed by atoms with Crippen LogP contribution < -0.4 is 5.32 Å². The van der Waals surface area contributed by atoms with Crippen molar-refractivity contribution in [3.8, 4) is 11.4 Å². The zero-order chi connectivity index (χ0) is 20.5. The van der Waals surface area contributed by atoms with Crippen molar-refractivity contribution in [3.63, 3.8) is 0 Å². The van der Waals surface area contributed by atoms with Crippen molar-refractivity contribution >= 4 is 44.4 Å². The molecule has 0 bridgehead atoms. The van der Waals surface area contributed by atoms with E-state index in [2.05, 4.69) is 32.6 Å². The Morgan fingerprint density at radius 2 is 2.03 bits per heavy atom. The summed E-state index contributed by atoms with van der Waals surface area (Å²) in [5.41, 5.74) is 3.54.